The molecule has 0 bridgehead atoms. The van der Waals surface area contributed by atoms with Crippen molar-refractivity contribution >= 4 is 27.3 Å². The van der Waals surface area contributed by atoms with Crippen molar-refractivity contribution in [1.82, 2.24) is 5.32 Å². The first-order valence-corrected chi connectivity index (χ1v) is 7.91. The summed E-state index contributed by atoms with van der Waals surface area (Å²) in [6.07, 6.45) is 6.94. The summed E-state index contributed by atoms with van der Waals surface area (Å²) in [6, 6.07) is 2.97. The Bertz CT molecular complexity index is 323. The molecule has 0 amide bonds. The Morgan fingerprint density at radius 2 is 2.38 bits per heavy atom. The van der Waals surface area contributed by atoms with Crippen molar-refractivity contribution in [2.75, 3.05) is 0 Å². The molecule has 2 unspecified atom stereocenters. The topological polar surface area (TPSA) is 12.0 Å². The fraction of sp³-hybridized carbons (Fsp3) is 0.692. The van der Waals surface area contributed by atoms with E-state index in [4.69, 9.17) is 0 Å². The van der Waals surface area contributed by atoms with E-state index in [1.54, 1.807) is 0 Å². The van der Waals surface area contributed by atoms with Crippen LogP contribution in [0.2, 0.25) is 0 Å². The molecule has 0 spiro atoms. The molecule has 0 aromatic carbocycles. The molecule has 1 nitrogen and oxygen atoms in total. The van der Waals surface area contributed by atoms with Crippen molar-refractivity contribution in [3.8, 4) is 0 Å². The van der Waals surface area contributed by atoms with Gasteiger partial charge in [0.2, 0.25) is 0 Å². The molecule has 1 aromatic rings. The van der Waals surface area contributed by atoms with Crippen molar-refractivity contribution < 1.29 is 0 Å². The number of nitrogens with one attached hydrogen (secondary N) is 1. The maximum absolute atomic E-state index is 3.71. The quantitative estimate of drug-likeness (QED) is 0.859. The molecule has 1 N–H and O–H groups in total. The van der Waals surface area contributed by atoms with Crippen LogP contribution in [0, 0.1) is 5.92 Å². The molecule has 1 fully saturated rings. The highest BCUT2D eigenvalue weighted by Crippen LogP contribution is 2.27. The van der Waals surface area contributed by atoms with Crippen LogP contribution in [-0.2, 0) is 6.54 Å². The molecule has 1 saturated carbocycles. The predicted octanol–water partition coefficient (Wildman–Crippen LogP) is 4.57. The van der Waals surface area contributed by atoms with Crippen molar-refractivity contribution in [3.63, 3.8) is 0 Å². The van der Waals surface area contributed by atoms with Crippen LogP contribution in [0.25, 0.3) is 0 Å². The van der Waals surface area contributed by atoms with Crippen LogP contribution in [0.15, 0.2) is 15.9 Å². The number of hydrogen-bond acceptors (Lipinski definition) is 2. The van der Waals surface area contributed by atoms with E-state index in [-0.39, 0.29) is 0 Å². The summed E-state index contributed by atoms with van der Waals surface area (Å²) in [7, 11) is 0. The van der Waals surface area contributed by atoms with Gasteiger partial charge in [-0.15, -0.1) is 11.3 Å². The average molecular weight is 302 g/mol. The monoisotopic (exact) mass is 301 g/mol. The van der Waals surface area contributed by atoms with Crippen LogP contribution >= 0.6 is 27.3 Å². The maximum atomic E-state index is 3.71. The zero-order valence-corrected chi connectivity index (χ0v) is 12.2. The van der Waals surface area contributed by atoms with Gasteiger partial charge in [0.15, 0.2) is 0 Å². The first kappa shape index (κ1) is 12.6. The van der Waals surface area contributed by atoms with E-state index in [0.717, 1.165) is 18.5 Å². The van der Waals surface area contributed by atoms with Gasteiger partial charge in [-0.2, -0.15) is 0 Å². The van der Waals surface area contributed by atoms with E-state index in [1.165, 1.54) is 41.5 Å². The van der Waals surface area contributed by atoms with Crippen molar-refractivity contribution in [1.29, 1.82) is 0 Å². The van der Waals surface area contributed by atoms with E-state index in [1.807, 2.05) is 11.3 Å². The van der Waals surface area contributed by atoms with Crippen molar-refractivity contribution in [2.45, 2.75) is 51.6 Å². The molecule has 3 heteroatoms. The third kappa shape index (κ3) is 3.57. The molecule has 1 aromatic heterocycles. The Labute approximate surface area is 111 Å². The maximum Gasteiger partial charge on any atom is 0.0302 e. The molecule has 0 radical (unpaired) electrons. The third-order valence-corrected chi connectivity index (χ3v) is 5.24. The Kier molecular flexibility index (Phi) is 4.86. The molecule has 1 heterocycles. The van der Waals surface area contributed by atoms with Crippen LogP contribution in [0.4, 0.5) is 0 Å². The molecular weight excluding hydrogens is 282 g/mol. The van der Waals surface area contributed by atoms with Gasteiger partial charge in [0.25, 0.3) is 0 Å². The number of hydrogen-bond donors (Lipinski definition) is 1. The van der Waals surface area contributed by atoms with E-state index >= 15 is 0 Å². The summed E-state index contributed by atoms with van der Waals surface area (Å²) in [5, 5.41) is 5.86. The molecule has 2 rings (SSSR count). The molecule has 1 aliphatic carbocycles. The SMILES string of the molecule is CCC1CCCC(NCc2cc(Br)cs2)C1. The smallest absolute Gasteiger partial charge is 0.0302 e. The molecule has 90 valence electrons. The Hall–Kier alpha value is 0.140. The zero-order valence-electron chi connectivity index (χ0n) is 9.84. The Morgan fingerprint density at radius 1 is 1.50 bits per heavy atom. The van der Waals surface area contributed by atoms with Crippen molar-refractivity contribution in [2.24, 2.45) is 5.92 Å². The minimum absolute atomic E-state index is 0.750. The molecule has 0 saturated heterocycles. The van der Waals surface area contributed by atoms with Gasteiger partial charge in [-0.3, -0.25) is 0 Å². The minimum atomic E-state index is 0.750. The summed E-state index contributed by atoms with van der Waals surface area (Å²) in [6.45, 7) is 3.36. The summed E-state index contributed by atoms with van der Waals surface area (Å²) in [5.74, 6) is 0.960. The molecule has 0 aliphatic heterocycles. The lowest BCUT2D eigenvalue weighted by Crippen LogP contribution is -2.33. The second-order valence-corrected chi connectivity index (χ2v) is 6.66. The van der Waals surface area contributed by atoms with Gasteiger partial charge < -0.3 is 5.32 Å². The van der Waals surface area contributed by atoms with Crippen LogP contribution < -0.4 is 5.32 Å². The molecular formula is C13H20BrNS. The van der Waals surface area contributed by atoms with Crippen LogP contribution in [0.1, 0.15) is 43.9 Å². The van der Waals surface area contributed by atoms with Crippen molar-refractivity contribution in [3.05, 3.63) is 20.8 Å². The summed E-state index contributed by atoms with van der Waals surface area (Å²) < 4.78 is 1.21. The normalized spacial score (nSPS) is 25.9. The highest BCUT2D eigenvalue weighted by molar-refractivity contribution is 9.10. The largest absolute Gasteiger partial charge is 0.309 e. The third-order valence-electron chi connectivity index (χ3n) is 3.55. The number of halogens is 1. The molecule has 2 atom stereocenters. The van der Waals surface area contributed by atoms with Gasteiger partial charge in [0, 0.05) is 27.3 Å². The highest BCUT2D eigenvalue weighted by Gasteiger charge is 2.20. The zero-order chi connectivity index (χ0) is 11.4. The van der Waals surface area contributed by atoms with Gasteiger partial charge >= 0.3 is 0 Å². The van der Waals surface area contributed by atoms with Gasteiger partial charge in [-0.1, -0.05) is 26.2 Å². The van der Waals surface area contributed by atoms with Crippen LogP contribution in [-0.4, -0.2) is 6.04 Å². The number of rotatable bonds is 4. The first-order valence-electron chi connectivity index (χ1n) is 6.24. The van der Waals surface area contributed by atoms with E-state index < -0.39 is 0 Å². The summed E-state index contributed by atoms with van der Waals surface area (Å²) >= 11 is 5.34. The summed E-state index contributed by atoms with van der Waals surface area (Å²) in [4.78, 5) is 1.44. The average Bonchev–Trinajstić information content (AvgIpc) is 2.73. The molecule has 16 heavy (non-hydrogen) atoms. The molecule has 1 aliphatic rings. The Balaban J connectivity index is 1.77. The summed E-state index contributed by atoms with van der Waals surface area (Å²) in [5.41, 5.74) is 0. The van der Waals surface area contributed by atoms with Gasteiger partial charge in [-0.05, 0) is 40.8 Å². The van der Waals surface area contributed by atoms with Crippen LogP contribution in [0.5, 0.6) is 0 Å². The lowest BCUT2D eigenvalue weighted by molar-refractivity contribution is 0.279. The second kappa shape index (κ2) is 6.18. The number of thiophene rings is 1. The van der Waals surface area contributed by atoms with Crippen LogP contribution in [0.3, 0.4) is 0 Å². The minimum Gasteiger partial charge on any atom is -0.309 e. The van der Waals surface area contributed by atoms with E-state index in [0.29, 0.717) is 0 Å². The highest BCUT2D eigenvalue weighted by atomic mass is 79.9. The predicted molar refractivity (Wildman–Crippen MR) is 74.9 cm³/mol. The Morgan fingerprint density at radius 3 is 3.06 bits per heavy atom. The fourth-order valence-electron chi connectivity index (χ4n) is 2.54. The lowest BCUT2D eigenvalue weighted by Gasteiger charge is -2.29. The standard InChI is InChI=1S/C13H20BrNS/c1-2-10-4-3-5-12(6-10)15-8-13-7-11(14)9-16-13/h7,9-10,12,15H,2-6,8H2,1H3. The van der Waals surface area contributed by atoms with Gasteiger partial charge in [-0.25, -0.2) is 0 Å². The van der Waals surface area contributed by atoms with Gasteiger partial charge in [0.05, 0.1) is 0 Å². The fourth-order valence-corrected chi connectivity index (χ4v) is 3.94. The first-order chi connectivity index (χ1) is 7.78. The lowest BCUT2D eigenvalue weighted by atomic mass is 9.84. The van der Waals surface area contributed by atoms with E-state index in [9.17, 15) is 0 Å². The van der Waals surface area contributed by atoms with E-state index in [2.05, 4.69) is 39.6 Å². The second-order valence-electron chi connectivity index (χ2n) is 4.75. The van der Waals surface area contributed by atoms with Gasteiger partial charge in [0.1, 0.15) is 0 Å².